The van der Waals surface area contributed by atoms with E-state index < -0.39 is 0 Å². The average Bonchev–Trinajstić information content (AvgIpc) is 2.38. The van der Waals surface area contributed by atoms with Gasteiger partial charge in [-0.05, 0) is 50.9 Å². The predicted molar refractivity (Wildman–Crippen MR) is 78.2 cm³/mol. The molecule has 0 spiro atoms. The molecule has 0 saturated carbocycles. The van der Waals surface area contributed by atoms with E-state index in [0.29, 0.717) is 11.1 Å². The number of rotatable bonds is 3. The number of hydrogen-bond donors (Lipinski definition) is 2. The lowest BCUT2D eigenvalue weighted by atomic mass is 9.92. The normalized spacial score (nSPS) is 24.8. The van der Waals surface area contributed by atoms with Gasteiger partial charge in [0.05, 0.1) is 6.04 Å². The highest BCUT2D eigenvalue weighted by Gasteiger charge is 2.25. The minimum absolute atomic E-state index is 0.00334. The van der Waals surface area contributed by atoms with E-state index in [1.807, 2.05) is 31.2 Å². The third-order valence-corrected chi connectivity index (χ3v) is 3.94. The van der Waals surface area contributed by atoms with Crippen molar-refractivity contribution < 1.29 is 4.79 Å². The van der Waals surface area contributed by atoms with Crippen LogP contribution in [-0.2, 0) is 4.79 Å². The molecule has 1 aromatic rings. The second-order valence-electron chi connectivity index (χ2n) is 5.36. The van der Waals surface area contributed by atoms with Crippen LogP contribution < -0.4 is 10.6 Å². The molecule has 0 aliphatic carbocycles. The summed E-state index contributed by atoms with van der Waals surface area (Å²) in [5.74, 6) is 0.277. The van der Waals surface area contributed by atoms with Crippen LogP contribution in [0.5, 0.6) is 0 Å². The van der Waals surface area contributed by atoms with Crippen molar-refractivity contribution in [3.63, 3.8) is 0 Å². The first-order chi connectivity index (χ1) is 9.06. The molecule has 3 atom stereocenters. The summed E-state index contributed by atoms with van der Waals surface area (Å²) in [6, 6.07) is 8.06. The number of amides is 1. The highest BCUT2D eigenvalue weighted by Crippen LogP contribution is 2.20. The molecule has 0 radical (unpaired) electrons. The fourth-order valence-electron chi connectivity index (χ4n) is 2.56. The maximum Gasteiger partial charge on any atom is 0.223 e. The Morgan fingerprint density at radius 3 is 3.00 bits per heavy atom. The summed E-state index contributed by atoms with van der Waals surface area (Å²) in [5, 5.41) is 7.15. The van der Waals surface area contributed by atoms with E-state index in [0.717, 1.165) is 24.9 Å². The van der Waals surface area contributed by atoms with Gasteiger partial charge in [-0.3, -0.25) is 4.79 Å². The van der Waals surface area contributed by atoms with Crippen molar-refractivity contribution in [2.45, 2.75) is 38.8 Å². The van der Waals surface area contributed by atoms with E-state index in [9.17, 15) is 4.79 Å². The number of hydrogen-bond acceptors (Lipinski definition) is 2. The number of nitrogens with one attached hydrogen (secondary N) is 2. The monoisotopic (exact) mass is 280 g/mol. The lowest BCUT2D eigenvalue weighted by Gasteiger charge is -2.28. The van der Waals surface area contributed by atoms with Crippen molar-refractivity contribution in [3.05, 3.63) is 34.9 Å². The van der Waals surface area contributed by atoms with Gasteiger partial charge >= 0.3 is 0 Å². The van der Waals surface area contributed by atoms with Crippen molar-refractivity contribution in [2.24, 2.45) is 5.92 Å². The van der Waals surface area contributed by atoms with Crippen LogP contribution in [0.25, 0.3) is 0 Å². The summed E-state index contributed by atoms with van der Waals surface area (Å²) in [7, 11) is 0. The molecule has 4 heteroatoms. The van der Waals surface area contributed by atoms with Gasteiger partial charge in [0.25, 0.3) is 0 Å². The van der Waals surface area contributed by atoms with Crippen LogP contribution in [0.2, 0.25) is 5.02 Å². The molecular weight excluding hydrogens is 260 g/mol. The number of benzene rings is 1. The van der Waals surface area contributed by atoms with E-state index in [1.165, 1.54) is 0 Å². The van der Waals surface area contributed by atoms with Gasteiger partial charge in [-0.15, -0.1) is 0 Å². The van der Waals surface area contributed by atoms with Crippen molar-refractivity contribution >= 4 is 17.5 Å². The van der Waals surface area contributed by atoms with E-state index in [-0.39, 0.29) is 17.9 Å². The fraction of sp³-hybridized carbons (Fsp3) is 0.533. The molecule has 1 heterocycles. The molecule has 1 fully saturated rings. The van der Waals surface area contributed by atoms with Crippen LogP contribution in [0.15, 0.2) is 24.3 Å². The van der Waals surface area contributed by atoms with Gasteiger partial charge in [0, 0.05) is 17.0 Å². The van der Waals surface area contributed by atoms with Crippen LogP contribution >= 0.6 is 11.6 Å². The summed E-state index contributed by atoms with van der Waals surface area (Å²) in [6.45, 7) is 5.04. The molecule has 1 amide bonds. The Balaban J connectivity index is 1.94. The van der Waals surface area contributed by atoms with Gasteiger partial charge < -0.3 is 10.6 Å². The molecule has 2 rings (SSSR count). The molecule has 1 aromatic carbocycles. The van der Waals surface area contributed by atoms with Crippen LogP contribution in [0.3, 0.4) is 0 Å². The molecular formula is C15H21ClN2O. The Hall–Kier alpha value is -1.06. The highest BCUT2D eigenvalue weighted by molar-refractivity contribution is 6.30. The van der Waals surface area contributed by atoms with Crippen molar-refractivity contribution in [3.8, 4) is 0 Å². The molecule has 0 aromatic heterocycles. The molecule has 2 unspecified atom stereocenters. The van der Waals surface area contributed by atoms with Crippen LogP contribution in [-0.4, -0.2) is 18.5 Å². The standard InChI is InChI=1S/C15H21ClN2O/c1-10-8-13(6-7-17-10)15(19)18-11(2)12-4-3-5-14(16)9-12/h3-5,9-11,13,17H,6-8H2,1-2H3,(H,18,19)/t10?,11-,13?/m0/s1. The van der Waals surface area contributed by atoms with Gasteiger partial charge in [0.2, 0.25) is 5.91 Å². The van der Waals surface area contributed by atoms with Gasteiger partial charge in [0.1, 0.15) is 0 Å². The van der Waals surface area contributed by atoms with Gasteiger partial charge in [-0.1, -0.05) is 23.7 Å². The Morgan fingerprint density at radius 2 is 2.32 bits per heavy atom. The Bertz CT molecular complexity index is 450. The molecule has 19 heavy (non-hydrogen) atoms. The molecule has 1 aliphatic heterocycles. The highest BCUT2D eigenvalue weighted by atomic mass is 35.5. The summed E-state index contributed by atoms with van der Waals surface area (Å²) >= 11 is 5.97. The van der Waals surface area contributed by atoms with E-state index >= 15 is 0 Å². The fourth-order valence-corrected chi connectivity index (χ4v) is 2.76. The number of halogens is 1. The summed E-state index contributed by atoms with van der Waals surface area (Å²) in [4.78, 5) is 12.2. The van der Waals surface area contributed by atoms with Crippen molar-refractivity contribution in [1.29, 1.82) is 0 Å². The molecule has 3 nitrogen and oxygen atoms in total. The predicted octanol–water partition coefficient (Wildman–Crippen LogP) is 2.91. The molecule has 1 aliphatic rings. The minimum atomic E-state index is -0.00334. The van der Waals surface area contributed by atoms with Gasteiger partial charge in [-0.2, -0.15) is 0 Å². The number of carbonyl (C=O) groups is 1. The second kappa shape index (κ2) is 6.40. The number of piperidine rings is 1. The zero-order chi connectivity index (χ0) is 13.8. The third-order valence-electron chi connectivity index (χ3n) is 3.70. The first-order valence-corrected chi connectivity index (χ1v) is 7.23. The molecule has 1 saturated heterocycles. The quantitative estimate of drug-likeness (QED) is 0.894. The zero-order valence-electron chi connectivity index (χ0n) is 11.4. The largest absolute Gasteiger partial charge is 0.349 e. The van der Waals surface area contributed by atoms with Gasteiger partial charge in [0.15, 0.2) is 0 Å². The second-order valence-corrected chi connectivity index (χ2v) is 5.80. The first kappa shape index (κ1) is 14.4. The van der Waals surface area contributed by atoms with E-state index in [1.54, 1.807) is 0 Å². The average molecular weight is 281 g/mol. The lowest BCUT2D eigenvalue weighted by molar-refractivity contribution is -0.126. The molecule has 0 bridgehead atoms. The molecule has 104 valence electrons. The minimum Gasteiger partial charge on any atom is -0.349 e. The summed E-state index contributed by atoms with van der Waals surface area (Å²) < 4.78 is 0. The Morgan fingerprint density at radius 1 is 1.53 bits per heavy atom. The Kier molecular flexibility index (Phi) is 4.83. The SMILES string of the molecule is CC1CC(C(=O)N[C@@H](C)c2cccc(Cl)c2)CCN1. The summed E-state index contributed by atoms with van der Waals surface area (Å²) in [5.41, 5.74) is 1.04. The number of carbonyl (C=O) groups excluding carboxylic acids is 1. The van der Waals surface area contributed by atoms with E-state index in [4.69, 9.17) is 11.6 Å². The third kappa shape index (κ3) is 3.95. The smallest absolute Gasteiger partial charge is 0.223 e. The maximum atomic E-state index is 12.2. The lowest BCUT2D eigenvalue weighted by Crippen LogP contribution is -2.42. The topological polar surface area (TPSA) is 41.1 Å². The maximum absolute atomic E-state index is 12.2. The Labute approximate surface area is 119 Å². The first-order valence-electron chi connectivity index (χ1n) is 6.85. The van der Waals surface area contributed by atoms with Crippen LogP contribution in [0.1, 0.15) is 38.3 Å². The van der Waals surface area contributed by atoms with Crippen LogP contribution in [0.4, 0.5) is 0 Å². The van der Waals surface area contributed by atoms with Gasteiger partial charge in [-0.25, -0.2) is 0 Å². The van der Waals surface area contributed by atoms with Crippen LogP contribution in [0, 0.1) is 5.92 Å². The van der Waals surface area contributed by atoms with E-state index in [2.05, 4.69) is 17.6 Å². The molecule has 2 N–H and O–H groups in total. The van der Waals surface area contributed by atoms with Crippen molar-refractivity contribution in [1.82, 2.24) is 10.6 Å². The summed E-state index contributed by atoms with van der Waals surface area (Å²) in [6.07, 6.45) is 1.83. The zero-order valence-corrected chi connectivity index (χ0v) is 12.2. The van der Waals surface area contributed by atoms with Crippen molar-refractivity contribution in [2.75, 3.05) is 6.54 Å².